The van der Waals surface area contributed by atoms with Crippen molar-refractivity contribution < 1.29 is 29.3 Å². The van der Waals surface area contributed by atoms with Crippen molar-refractivity contribution in [1.82, 2.24) is 4.90 Å². The van der Waals surface area contributed by atoms with E-state index in [1.54, 1.807) is 0 Å². The maximum absolute atomic E-state index is 10.9. The van der Waals surface area contributed by atoms with Crippen molar-refractivity contribution >= 4 is 24.7 Å². The highest BCUT2D eigenvalue weighted by molar-refractivity contribution is 7.80. The number of rotatable bonds is 6. The fraction of sp³-hybridized carbons (Fsp3) is 0.778. The molecule has 1 aliphatic rings. The van der Waals surface area contributed by atoms with Gasteiger partial charge in [-0.1, -0.05) is 0 Å². The maximum Gasteiger partial charge on any atom is 0.408 e. The van der Waals surface area contributed by atoms with Crippen LogP contribution < -0.4 is 0 Å². The third-order valence-electron chi connectivity index (χ3n) is 2.33. The quantitative estimate of drug-likeness (QED) is 0.590. The molecule has 1 rings (SSSR count). The fourth-order valence-electron chi connectivity index (χ4n) is 1.63. The lowest BCUT2D eigenvalue weighted by atomic mass is 10.2. The van der Waals surface area contributed by atoms with Crippen molar-refractivity contribution in [3.8, 4) is 0 Å². The van der Waals surface area contributed by atoms with Crippen molar-refractivity contribution in [3.05, 3.63) is 0 Å². The van der Waals surface area contributed by atoms with E-state index in [9.17, 15) is 9.59 Å². The van der Waals surface area contributed by atoms with Gasteiger partial charge in [0.2, 0.25) is 0 Å². The number of carboxylic acid groups (broad SMARTS) is 2. The van der Waals surface area contributed by atoms with Gasteiger partial charge in [-0.3, -0.25) is 9.69 Å². The number of aliphatic carboxylic acids is 1. The third-order valence-corrected chi connectivity index (χ3v) is 2.56. The van der Waals surface area contributed by atoms with E-state index in [1.165, 1.54) is 0 Å². The van der Waals surface area contributed by atoms with Gasteiger partial charge < -0.3 is 19.7 Å². The average Bonchev–Trinajstić information content (AvgIpc) is 2.65. The summed E-state index contributed by atoms with van der Waals surface area (Å²) in [7, 11) is 0. The van der Waals surface area contributed by atoms with Crippen LogP contribution in [0.2, 0.25) is 0 Å². The summed E-state index contributed by atoms with van der Waals surface area (Å²) in [6.07, 6.45) is -0.912. The van der Waals surface area contributed by atoms with Gasteiger partial charge in [0.25, 0.3) is 0 Å². The first-order valence-corrected chi connectivity index (χ1v) is 5.71. The molecule has 8 heteroatoms. The average molecular weight is 265 g/mol. The molecule has 0 radical (unpaired) electrons. The summed E-state index contributed by atoms with van der Waals surface area (Å²) < 4.78 is 10.7. The van der Waals surface area contributed by atoms with Crippen LogP contribution in [0.15, 0.2) is 0 Å². The first-order valence-electron chi connectivity index (χ1n) is 5.07. The molecule has 0 bridgehead atoms. The van der Waals surface area contributed by atoms with Gasteiger partial charge in [-0.15, -0.1) is 0 Å². The van der Waals surface area contributed by atoms with Crippen LogP contribution in [0.25, 0.3) is 0 Å². The van der Waals surface area contributed by atoms with Crippen LogP contribution in [-0.2, 0) is 14.3 Å². The first-order chi connectivity index (χ1) is 7.99. The number of carbonyl (C=O) groups is 2. The van der Waals surface area contributed by atoms with E-state index in [0.29, 0.717) is 25.4 Å². The SMILES string of the molecule is O=C(O)CN(CC1(CCS)OCCO1)C(=O)O. The fourth-order valence-corrected chi connectivity index (χ4v) is 1.97. The zero-order valence-corrected chi connectivity index (χ0v) is 10.1. The Bertz CT molecular complexity index is 291. The summed E-state index contributed by atoms with van der Waals surface area (Å²) in [4.78, 5) is 22.2. The molecule has 1 fully saturated rings. The predicted molar refractivity (Wildman–Crippen MR) is 60.3 cm³/mol. The van der Waals surface area contributed by atoms with Crippen LogP contribution in [0.3, 0.4) is 0 Å². The molecule has 0 aromatic carbocycles. The topological polar surface area (TPSA) is 96.3 Å². The van der Waals surface area contributed by atoms with Crippen molar-refractivity contribution in [2.45, 2.75) is 12.2 Å². The van der Waals surface area contributed by atoms with E-state index in [2.05, 4.69) is 12.6 Å². The number of carboxylic acids is 1. The minimum Gasteiger partial charge on any atom is -0.480 e. The number of thiol groups is 1. The highest BCUT2D eigenvalue weighted by atomic mass is 32.1. The molecule has 1 aliphatic heterocycles. The number of amides is 1. The molecule has 2 N–H and O–H groups in total. The van der Waals surface area contributed by atoms with Gasteiger partial charge in [-0.2, -0.15) is 12.6 Å². The minimum absolute atomic E-state index is 0.130. The second-order valence-electron chi connectivity index (χ2n) is 3.61. The Morgan fingerprint density at radius 3 is 2.29 bits per heavy atom. The van der Waals surface area contributed by atoms with Gasteiger partial charge in [-0.25, -0.2) is 4.79 Å². The summed E-state index contributed by atoms with van der Waals surface area (Å²) >= 11 is 4.05. The number of ether oxygens (including phenoxy) is 2. The van der Waals surface area contributed by atoms with Gasteiger partial charge in [0.15, 0.2) is 5.79 Å². The second-order valence-corrected chi connectivity index (χ2v) is 4.06. The van der Waals surface area contributed by atoms with E-state index in [4.69, 9.17) is 19.7 Å². The summed E-state index contributed by atoms with van der Waals surface area (Å²) in [5.74, 6) is -1.82. The van der Waals surface area contributed by atoms with Gasteiger partial charge in [0.05, 0.1) is 19.8 Å². The molecule has 1 saturated heterocycles. The molecule has 0 aliphatic carbocycles. The Labute approximate surface area is 104 Å². The summed E-state index contributed by atoms with van der Waals surface area (Å²) in [5.41, 5.74) is 0. The van der Waals surface area contributed by atoms with Crippen molar-refractivity contribution in [2.24, 2.45) is 0 Å². The van der Waals surface area contributed by atoms with Crippen LogP contribution >= 0.6 is 12.6 Å². The molecular formula is C9H15NO6S. The van der Waals surface area contributed by atoms with Gasteiger partial charge in [-0.05, 0) is 5.75 Å². The molecule has 1 amide bonds. The molecule has 0 spiro atoms. The first kappa shape index (κ1) is 14.1. The Kier molecular flexibility index (Phi) is 5.03. The molecule has 17 heavy (non-hydrogen) atoms. The number of hydrogen-bond acceptors (Lipinski definition) is 5. The van der Waals surface area contributed by atoms with E-state index in [0.717, 1.165) is 4.90 Å². The van der Waals surface area contributed by atoms with Gasteiger partial charge in [0, 0.05) is 6.42 Å². The van der Waals surface area contributed by atoms with Crippen molar-refractivity contribution in [3.63, 3.8) is 0 Å². The normalized spacial score (nSPS) is 17.9. The Morgan fingerprint density at radius 1 is 1.29 bits per heavy atom. The zero-order chi connectivity index (χ0) is 12.9. The Balaban J connectivity index is 2.68. The lowest BCUT2D eigenvalue weighted by Crippen LogP contribution is -2.48. The standard InChI is InChI=1S/C9H15NO6S/c11-7(12)5-10(8(13)14)6-9(1-4-17)15-2-3-16-9/h17H,1-6H2,(H,11,12)(H,13,14). The molecule has 0 aromatic rings. The minimum atomic E-state index is -1.31. The van der Waals surface area contributed by atoms with Crippen molar-refractivity contribution in [2.75, 3.05) is 32.1 Å². The highest BCUT2D eigenvalue weighted by Gasteiger charge is 2.39. The zero-order valence-electron chi connectivity index (χ0n) is 9.16. The lowest BCUT2D eigenvalue weighted by Gasteiger charge is -2.31. The van der Waals surface area contributed by atoms with E-state index in [1.807, 2.05) is 0 Å². The molecule has 0 atom stereocenters. The predicted octanol–water partition coefficient (Wildman–Crippen LogP) is 0.114. The van der Waals surface area contributed by atoms with Crippen molar-refractivity contribution in [1.29, 1.82) is 0 Å². The molecule has 1 heterocycles. The summed E-state index contributed by atoms with van der Waals surface area (Å²) in [6, 6.07) is 0. The molecule has 0 aromatic heterocycles. The summed E-state index contributed by atoms with van der Waals surface area (Å²) in [5, 5.41) is 17.5. The summed E-state index contributed by atoms with van der Waals surface area (Å²) in [6.45, 7) is 0.00812. The molecule has 7 nitrogen and oxygen atoms in total. The van der Waals surface area contributed by atoms with Crippen LogP contribution in [-0.4, -0.2) is 65.0 Å². The molecular weight excluding hydrogens is 250 g/mol. The Morgan fingerprint density at radius 2 is 1.88 bits per heavy atom. The number of nitrogens with zero attached hydrogens (tertiary/aromatic N) is 1. The molecule has 0 saturated carbocycles. The Hall–Kier alpha value is -0.990. The smallest absolute Gasteiger partial charge is 0.408 e. The van der Waals surface area contributed by atoms with Crippen LogP contribution in [0.4, 0.5) is 4.79 Å². The number of hydrogen-bond donors (Lipinski definition) is 3. The third kappa shape index (κ3) is 4.06. The van der Waals surface area contributed by atoms with Gasteiger partial charge >= 0.3 is 12.1 Å². The largest absolute Gasteiger partial charge is 0.480 e. The van der Waals surface area contributed by atoms with E-state index < -0.39 is 24.4 Å². The lowest BCUT2D eigenvalue weighted by molar-refractivity contribution is -0.170. The van der Waals surface area contributed by atoms with Crippen LogP contribution in [0, 0.1) is 0 Å². The van der Waals surface area contributed by atoms with E-state index in [-0.39, 0.29) is 6.54 Å². The van der Waals surface area contributed by atoms with E-state index >= 15 is 0 Å². The van der Waals surface area contributed by atoms with Crippen LogP contribution in [0.1, 0.15) is 6.42 Å². The molecule has 0 unspecified atom stereocenters. The molecule has 98 valence electrons. The highest BCUT2D eigenvalue weighted by Crippen LogP contribution is 2.25. The monoisotopic (exact) mass is 265 g/mol. The second kappa shape index (κ2) is 6.08. The van der Waals surface area contributed by atoms with Crippen LogP contribution in [0.5, 0.6) is 0 Å². The van der Waals surface area contributed by atoms with Gasteiger partial charge in [0.1, 0.15) is 6.54 Å². The maximum atomic E-state index is 10.9.